The molecular formula is C25H42O7. The molecule has 4 saturated carbocycles. The Morgan fingerprint density at radius 3 is 2.31 bits per heavy atom. The fraction of sp³-hybridized carbons (Fsp3) is 0.920. The summed E-state index contributed by atoms with van der Waals surface area (Å²) < 4.78 is 9.31. The van der Waals surface area contributed by atoms with E-state index in [9.17, 15) is 24.9 Å². The van der Waals surface area contributed by atoms with E-state index in [-0.39, 0.29) is 41.5 Å². The topological polar surface area (TPSA) is 113 Å². The van der Waals surface area contributed by atoms with Crippen LogP contribution >= 0.6 is 0 Å². The molecule has 4 aliphatic carbocycles. The lowest BCUT2D eigenvalue weighted by atomic mass is 9.44. The summed E-state index contributed by atoms with van der Waals surface area (Å²) in [6, 6.07) is 0. The summed E-state index contributed by atoms with van der Waals surface area (Å²) in [5.41, 5.74) is -2.40. The number of rotatable bonds is 5. The number of hydrogen-bond donors (Lipinski definition) is 3. The summed E-state index contributed by atoms with van der Waals surface area (Å²) in [5, 5.41) is 30.6. The van der Waals surface area contributed by atoms with Gasteiger partial charge in [-0.15, -0.1) is 0 Å². The molecule has 0 aliphatic heterocycles. The van der Waals surface area contributed by atoms with Crippen molar-refractivity contribution in [1.29, 1.82) is 0 Å². The van der Waals surface area contributed by atoms with E-state index < -0.39 is 23.4 Å². The Kier molecular flexibility index (Phi) is 7.88. The normalized spacial score (nSPS) is 45.2. The maximum Gasteiger partial charge on any atom is 0.190 e. The Balaban J connectivity index is 0.000000427. The molecular weight excluding hydrogens is 412 g/mol. The second-order valence-electron chi connectivity index (χ2n) is 11.0. The van der Waals surface area contributed by atoms with Crippen molar-refractivity contribution in [2.75, 3.05) is 34.0 Å². The van der Waals surface area contributed by atoms with Gasteiger partial charge in [0.25, 0.3) is 0 Å². The number of aliphatic hydroxyl groups excluding tert-OH is 2. The van der Waals surface area contributed by atoms with E-state index in [1.165, 1.54) is 0 Å². The van der Waals surface area contributed by atoms with Gasteiger partial charge >= 0.3 is 0 Å². The highest BCUT2D eigenvalue weighted by atomic mass is 16.5. The third kappa shape index (κ3) is 4.09. The lowest BCUT2D eigenvalue weighted by molar-refractivity contribution is -0.180. The highest BCUT2D eigenvalue weighted by Gasteiger charge is 2.68. The van der Waals surface area contributed by atoms with Gasteiger partial charge in [-0.25, -0.2) is 0 Å². The van der Waals surface area contributed by atoms with E-state index in [0.29, 0.717) is 25.6 Å². The van der Waals surface area contributed by atoms with Gasteiger partial charge in [0, 0.05) is 32.0 Å². The SMILES string of the molecule is COCCOC.C[C@]12CC[C@@H](O)C[C@H]1CC[C@@H]1[C@@H]2C(=O)C[C@@]2(C)[C@H]1CC[C@]2(O)C(=O)CO. The van der Waals surface area contributed by atoms with Gasteiger partial charge in [0.2, 0.25) is 0 Å². The average molecular weight is 455 g/mol. The zero-order valence-electron chi connectivity index (χ0n) is 20.1. The predicted molar refractivity (Wildman–Crippen MR) is 119 cm³/mol. The van der Waals surface area contributed by atoms with Crippen molar-refractivity contribution in [3.63, 3.8) is 0 Å². The Bertz CT molecular complexity index is 692. The number of methoxy groups -OCH3 is 2. The van der Waals surface area contributed by atoms with Crippen LogP contribution in [0.15, 0.2) is 0 Å². The van der Waals surface area contributed by atoms with Gasteiger partial charge in [-0.1, -0.05) is 13.8 Å². The molecule has 0 aromatic rings. The van der Waals surface area contributed by atoms with Crippen molar-refractivity contribution in [1.82, 2.24) is 0 Å². The van der Waals surface area contributed by atoms with Crippen LogP contribution < -0.4 is 0 Å². The molecule has 0 amide bonds. The van der Waals surface area contributed by atoms with Crippen LogP contribution in [-0.4, -0.2) is 72.6 Å². The second kappa shape index (κ2) is 9.79. The maximum absolute atomic E-state index is 13.4. The number of ether oxygens (including phenoxy) is 2. The summed E-state index contributed by atoms with van der Waals surface area (Å²) in [7, 11) is 3.30. The largest absolute Gasteiger partial charge is 0.393 e. The van der Waals surface area contributed by atoms with Crippen molar-refractivity contribution in [2.45, 2.75) is 76.9 Å². The standard InChI is InChI=1S/C21H32O5.C4H10O2/c1-19-7-5-13(23)9-12(19)3-4-14-15-6-8-21(26,17(25)11-22)20(15,2)10-16(24)18(14)19;1-5-3-4-6-2/h12-15,18,22-23,26H,3-11H2,1-2H3;3-4H2,1-2H3/t12-,13-,14+,15+,18-,19+,20+,21+;/m1./s1. The van der Waals surface area contributed by atoms with Gasteiger partial charge in [0.05, 0.1) is 19.3 Å². The minimum atomic E-state index is -1.58. The molecule has 0 saturated heterocycles. The van der Waals surface area contributed by atoms with Crippen LogP contribution in [0.2, 0.25) is 0 Å². The van der Waals surface area contributed by atoms with Gasteiger partial charge in [-0.2, -0.15) is 0 Å². The minimum Gasteiger partial charge on any atom is -0.393 e. The van der Waals surface area contributed by atoms with E-state index >= 15 is 0 Å². The number of ketones is 2. The molecule has 0 aromatic heterocycles. The van der Waals surface area contributed by atoms with Gasteiger partial charge in [0.1, 0.15) is 18.0 Å². The van der Waals surface area contributed by atoms with Gasteiger partial charge in [0.15, 0.2) is 5.78 Å². The molecule has 7 heteroatoms. The summed E-state index contributed by atoms with van der Waals surface area (Å²) in [4.78, 5) is 25.7. The van der Waals surface area contributed by atoms with Crippen LogP contribution in [0.4, 0.5) is 0 Å². The number of carbonyl (C=O) groups excluding carboxylic acids is 2. The fourth-order valence-electron chi connectivity index (χ4n) is 7.81. The number of Topliss-reactive ketones (excluding diaryl/α,β-unsaturated/α-hetero) is 2. The molecule has 3 N–H and O–H groups in total. The molecule has 8 atom stereocenters. The van der Waals surface area contributed by atoms with Crippen LogP contribution in [0.1, 0.15) is 65.2 Å². The number of fused-ring (bicyclic) bond motifs is 5. The Morgan fingerprint density at radius 2 is 1.72 bits per heavy atom. The second-order valence-corrected chi connectivity index (χ2v) is 11.0. The van der Waals surface area contributed by atoms with Crippen LogP contribution in [0.5, 0.6) is 0 Å². The van der Waals surface area contributed by atoms with Crippen LogP contribution in [0.25, 0.3) is 0 Å². The lowest BCUT2D eigenvalue weighted by Crippen LogP contribution is -2.62. The van der Waals surface area contributed by atoms with Crippen molar-refractivity contribution < 1.29 is 34.4 Å². The maximum atomic E-state index is 13.4. The minimum absolute atomic E-state index is 0.0154. The first-order valence-corrected chi connectivity index (χ1v) is 12.1. The molecule has 4 fully saturated rings. The predicted octanol–water partition coefficient (Wildman–Crippen LogP) is 2.14. The van der Waals surface area contributed by atoms with Crippen LogP contribution in [-0.2, 0) is 19.1 Å². The first-order valence-electron chi connectivity index (χ1n) is 12.1. The zero-order chi connectivity index (χ0) is 23.7. The van der Waals surface area contributed by atoms with E-state index in [2.05, 4.69) is 16.4 Å². The molecule has 0 radical (unpaired) electrons. The van der Waals surface area contributed by atoms with Crippen molar-refractivity contribution in [2.24, 2.45) is 34.5 Å². The van der Waals surface area contributed by atoms with Crippen molar-refractivity contribution in [3.05, 3.63) is 0 Å². The smallest absolute Gasteiger partial charge is 0.190 e. The monoisotopic (exact) mass is 454 g/mol. The number of aliphatic hydroxyl groups is 3. The molecule has 0 aromatic carbocycles. The molecule has 7 nitrogen and oxygen atoms in total. The first-order chi connectivity index (χ1) is 15.1. The van der Waals surface area contributed by atoms with Crippen molar-refractivity contribution in [3.8, 4) is 0 Å². The molecule has 184 valence electrons. The van der Waals surface area contributed by atoms with Gasteiger partial charge < -0.3 is 24.8 Å². The zero-order valence-corrected chi connectivity index (χ0v) is 20.1. The highest BCUT2D eigenvalue weighted by molar-refractivity contribution is 5.92. The number of hydrogen-bond acceptors (Lipinski definition) is 7. The molecule has 0 heterocycles. The molecule has 4 rings (SSSR count). The summed E-state index contributed by atoms with van der Waals surface area (Å²) >= 11 is 0. The summed E-state index contributed by atoms with van der Waals surface area (Å²) in [5.74, 6) is 0.380. The Morgan fingerprint density at radius 1 is 1.06 bits per heavy atom. The van der Waals surface area contributed by atoms with E-state index in [1.54, 1.807) is 14.2 Å². The molecule has 0 bridgehead atoms. The molecule has 4 aliphatic rings. The summed E-state index contributed by atoms with van der Waals surface area (Å²) in [6.07, 6.45) is 5.47. The highest BCUT2D eigenvalue weighted by Crippen LogP contribution is 2.67. The Labute approximate surface area is 191 Å². The molecule has 0 spiro atoms. The van der Waals surface area contributed by atoms with Crippen LogP contribution in [0, 0.1) is 34.5 Å². The van der Waals surface area contributed by atoms with E-state index in [4.69, 9.17) is 0 Å². The van der Waals surface area contributed by atoms with Gasteiger partial charge in [-0.3, -0.25) is 9.59 Å². The molecule has 32 heavy (non-hydrogen) atoms. The van der Waals surface area contributed by atoms with Crippen LogP contribution in [0.3, 0.4) is 0 Å². The lowest BCUT2D eigenvalue weighted by Gasteiger charge is -2.60. The molecule has 0 unspecified atom stereocenters. The van der Waals surface area contributed by atoms with Gasteiger partial charge in [-0.05, 0) is 68.1 Å². The average Bonchev–Trinajstić information content (AvgIpc) is 3.03. The van der Waals surface area contributed by atoms with E-state index in [0.717, 1.165) is 38.5 Å². The third-order valence-electron chi connectivity index (χ3n) is 9.57. The van der Waals surface area contributed by atoms with Crippen molar-refractivity contribution >= 4 is 11.6 Å². The number of carbonyl (C=O) groups is 2. The quantitative estimate of drug-likeness (QED) is 0.546. The fourth-order valence-corrected chi connectivity index (χ4v) is 7.81. The Hall–Kier alpha value is -0.860. The van der Waals surface area contributed by atoms with E-state index in [1.807, 2.05) is 6.92 Å². The summed E-state index contributed by atoms with van der Waals surface area (Å²) in [6.45, 7) is 4.85. The third-order valence-corrected chi connectivity index (χ3v) is 9.57. The first kappa shape index (κ1) is 25.8.